The molecule has 0 radical (unpaired) electrons. The molecule has 1 heterocycles. The smallest absolute Gasteiger partial charge is 0.273 e. The predicted molar refractivity (Wildman–Crippen MR) is 114 cm³/mol. The number of carbonyl (C=O) groups is 1. The maximum atomic E-state index is 13.0. The fourth-order valence-electron chi connectivity index (χ4n) is 3.69. The lowest BCUT2D eigenvalue weighted by Crippen LogP contribution is -2.43. The summed E-state index contributed by atoms with van der Waals surface area (Å²) in [5.74, 6) is -0.504. The van der Waals surface area contributed by atoms with Crippen LogP contribution < -0.4 is 5.32 Å². The first-order chi connectivity index (χ1) is 14.2. The summed E-state index contributed by atoms with van der Waals surface area (Å²) < 4.78 is 27.6. The molecule has 1 atom stereocenters. The second kappa shape index (κ2) is 8.93. The highest BCUT2D eigenvalue weighted by atomic mass is 32.2. The normalized spacial score (nSPS) is 17.5. The van der Waals surface area contributed by atoms with Crippen molar-refractivity contribution in [3.8, 4) is 0 Å². The lowest BCUT2D eigenvalue weighted by Gasteiger charge is -2.34. The first-order valence-corrected chi connectivity index (χ1v) is 11.4. The van der Waals surface area contributed by atoms with Gasteiger partial charge in [0.25, 0.3) is 11.6 Å². The largest absolute Gasteiger partial charge is 0.322 e. The lowest BCUT2D eigenvalue weighted by atomic mass is 10.0. The number of nitrogens with one attached hydrogen (secondary N) is 1. The third-order valence-corrected chi connectivity index (χ3v) is 7.40. The zero-order valence-corrected chi connectivity index (χ0v) is 17.8. The summed E-state index contributed by atoms with van der Waals surface area (Å²) in [6.45, 7) is 4.11. The molecule has 1 fully saturated rings. The molecule has 1 N–H and O–H groups in total. The van der Waals surface area contributed by atoms with Crippen molar-refractivity contribution in [1.82, 2.24) is 4.31 Å². The molecule has 2 aromatic rings. The minimum atomic E-state index is -3.59. The van der Waals surface area contributed by atoms with E-state index in [1.807, 2.05) is 6.92 Å². The molecule has 1 aliphatic rings. The molecular weight excluding hydrogens is 406 g/mol. The highest BCUT2D eigenvalue weighted by molar-refractivity contribution is 7.89. The van der Waals surface area contributed by atoms with Gasteiger partial charge < -0.3 is 5.32 Å². The number of nitro groups is 1. The van der Waals surface area contributed by atoms with Crippen LogP contribution >= 0.6 is 0 Å². The molecule has 1 amide bonds. The topological polar surface area (TPSA) is 110 Å². The summed E-state index contributed by atoms with van der Waals surface area (Å²) in [6, 6.07) is 10.3. The fraction of sp³-hybridized carbons (Fsp3) is 0.381. The number of aryl methyl sites for hydroxylation is 1. The Hall–Kier alpha value is -2.78. The van der Waals surface area contributed by atoms with E-state index in [0.717, 1.165) is 25.7 Å². The SMILES string of the molecule is CCC1CCCCN1S(=O)(=O)c1ccc(NC(=O)c2ccc(C)c([N+](=O)[O-])c2)cc1. The van der Waals surface area contributed by atoms with Gasteiger partial charge in [-0.3, -0.25) is 14.9 Å². The van der Waals surface area contributed by atoms with Crippen molar-refractivity contribution in [3.63, 3.8) is 0 Å². The van der Waals surface area contributed by atoms with Crippen molar-refractivity contribution < 1.29 is 18.1 Å². The van der Waals surface area contributed by atoms with Crippen molar-refractivity contribution in [2.75, 3.05) is 11.9 Å². The van der Waals surface area contributed by atoms with E-state index in [-0.39, 0.29) is 22.2 Å². The Balaban J connectivity index is 1.77. The molecule has 1 unspecified atom stereocenters. The van der Waals surface area contributed by atoms with Gasteiger partial charge in [0.15, 0.2) is 0 Å². The third-order valence-electron chi connectivity index (χ3n) is 5.43. The highest BCUT2D eigenvalue weighted by Crippen LogP contribution is 2.28. The van der Waals surface area contributed by atoms with Crippen LogP contribution in [-0.2, 0) is 10.0 Å². The van der Waals surface area contributed by atoms with Crippen LogP contribution in [0.3, 0.4) is 0 Å². The Morgan fingerprint density at radius 1 is 1.20 bits per heavy atom. The number of nitro benzene ring substituents is 1. The monoisotopic (exact) mass is 431 g/mol. The van der Waals surface area contributed by atoms with Gasteiger partial charge in [-0.2, -0.15) is 4.31 Å². The summed E-state index contributed by atoms with van der Waals surface area (Å²) in [6.07, 6.45) is 3.53. The van der Waals surface area contributed by atoms with Crippen LogP contribution in [0.1, 0.15) is 48.5 Å². The van der Waals surface area contributed by atoms with E-state index >= 15 is 0 Å². The van der Waals surface area contributed by atoms with E-state index in [2.05, 4.69) is 5.32 Å². The molecule has 0 bridgehead atoms. The quantitative estimate of drug-likeness (QED) is 0.547. The van der Waals surface area contributed by atoms with E-state index in [9.17, 15) is 23.3 Å². The average molecular weight is 432 g/mol. The summed E-state index contributed by atoms with van der Waals surface area (Å²) in [7, 11) is -3.59. The molecule has 2 aromatic carbocycles. The number of amides is 1. The van der Waals surface area contributed by atoms with Gasteiger partial charge in [0, 0.05) is 35.5 Å². The number of sulfonamides is 1. The zero-order valence-electron chi connectivity index (χ0n) is 17.0. The Bertz CT molecular complexity index is 1050. The summed E-state index contributed by atoms with van der Waals surface area (Å²) in [4.78, 5) is 23.2. The van der Waals surface area contributed by atoms with E-state index in [0.29, 0.717) is 17.8 Å². The van der Waals surface area contributed by atoms with Gasteiger partial charge in [0.1, 0.15) is 0 Å². The van der Waals surface area contributed by atoms with E-state index < -0.39 is 20.9 Å². The minimum Gasteiger partial charge on any atom is -0.322 e. The molecule has 0 saturated carbocycles. The van der Waals surface area contributed by atoms with Gasteiger partial charge in [-0.25, -0.2) is 8.42 Å². The molecule has 0 aromatic heterocycles. The molecule has 0 aliphatic carbocycles. The number of nitrogens with zero attached hydrogens (tertiary/aromatic N) is 2. The second-order valence-electron chi connectivity index (χ2n) is 7.41. The van der Waals surface area contributed by atoms with Gasteiger partial charge >= 0.3 is 0 Å². The van der Waals surface area contributed by atoms with Gasteiger partial charge in [0.05, 0.1) is 9.82 Å². The number of carbonyl (C=O) groups excluding carboxylic acids is 1. The molecule has 160 valence electrons. The van der Waals surface area contributed by atoms with Gasteiger partial charge in [-0.15, -0.1) is 0 Å². The molecule has 3 rings (SSSR count). The minimum absolute atomic E-state index is 0.0143. The average Bonchev–Trinajstić information content (AvgIpc) is 2.74. The molecule has 9 heteroatoms. The number of benzene rings is 2. The number of hydrogen-bond donors (Lipinski definition) is 1. The van der Waals surface area contributed by atoms with Crippen LogP contribution in [0.25, 0.3) is 0 Å². The van der Waals surface area contributed by atoms with E-state index in [1.165, 1.54) is 42.5 Å². The Kier molecular flexibility index (Phi) is 6.52. The van der Waals surface area contributed by atoms with Gasteiger partial charge in [-0.1, -0.05) is 19.4 Å². The van der Waals surface area contributed by atoms with Gasteiger partial charge in [0.2, 0.25) is 10.0 Å². The number of hydrogen-bond acceptors (Lipinski definition) is 5. The maximum Gasteiger partial charge on any atom is 0.273 e. The first-order valence-electron chi connectivity index (χ1n) is 9.92. The Morgan fingerprint density at radius 3 is 2.53 bits per heavy atom. The lowest BCUT2D eigenvalue weighted by molar-refractivity contribution is -0.385. The molecule has 8 nitrogen and oxygen atoms in total. The fourth-order valence-corrected chi connectivity index (χ4v) is 5.46. The maximum absolute atomic E-state index is 13.0. The molecule has 1 saturated heterocycles. The third kappa shape index (κ3) is 4.52. The van der Waals surface area contributed by atoms with Crippen LogP contribution in [0.5, 0.6) is 0 Å². The van der Waals surface area contributed by atoms with Crippen LogP contribution in [0.4, 0.5) is 11.4 Å². The standard InChI is InChI=1S/C21H25N3O5S/c1-3-18-6-4-5-13-23(18)30(28,29)19-11-9-17(10-12-19)22-21(25)16-8-7-15(2)20(14-16)24(26)27/h7-12,14,18H,3-6,13H2,1-2H3,(H,22,25). The molecule has 30 heavy (non-hydrogen) atoms. The second-order valence-corrected chi connectivity index (χ2v) is 9.30. The van der Waals surface area contributed by atoms with Crippen LogP contribution in [-0.4, -0.2) is 36.1 Å². The van der Waals surface area contributed by atoms with E-state index in [4.69, 9.17) is 0 Å². The van der Waals surface area contributed by atoms with Crippen molar-refractivity contribution in [2.24, 2.45) is 0 Å². The molecular formula is C21H25N3O5S. The zero-order chi connectivity index (χ0) is 21.9. The highest BCUT2D eigenvalue weighted by Gasteiger charge is 2.32. The Labute approximate surface area is 176 Å². The van der Waals surface area contributed by atoms with Crippen molar-refractivity contribution in [3.05, 3.63) is 63.7 Å². The first kappa shape index (κ1) is 21.9. The van der Waals surface area contributed by atoms with Crippen LogP contribution in [0.2, 0.25) is 0 Å². The summed E-state index contributed by atoms with van der Waals surface area (Å²) in [5, 5.41) is 13.7. The Morgan fingerprint density at radius 2 is 1.90 bits per heavy atom. The number of anilines is 1. The molecule has 1 aliphatic heterocycles. The van der Waals surface area contributed by atoms with Crippen molar-refractivity contribution in [2.45, 2.75) is 50.5 Å². The van der Waals surface area contributed by atoms with Crippen LogP contribution in [0, 0.1) is 17.0 Å². The van der Waals surface area contributed by atoms with Crippen molar-refractivity contribution in [1.29, 1.82) is 0 Å². The van der Waals surface area contributed by atoms with E-state index in [1.54, 1.807) is 11.2 Å². The van der Waals surface area contributed by atoms with Crippen molar-refractivity contribution >= 4 is 27.3 Å². The summed E-state index contributed by atoms with van der Waals surface area (Å²) >= 11 is 0. The molecule has 0 spiro atoms. The predicted octanol–water partition coefficient (Wildman–Crippen LogP) is 4.11. The summed E-state index contributed by atoms with van der Waals surface area (Å²) in [5.41, 5.74) is 0.904. The van der Waals surface area contributed by atoms with Gasteiger partial charge in [-0.05, 0) is 56.5 Å². The number of rotatable bonds is 6. The van der Waals surface area contributed by atoms with Crippen LogP contribution in [0.15, 0.2) is 47.4 Å². The number of piperidine rings is 1.